The van der Waals surface area contributed by atoms with Gasteiger partial charge in [0.25, 0.3) is 0 Å². The van der Waals surface area contributed by atoms with E-state index in [1.807, 2.05) is 38.1 Å². The number of hydrogen-bond donors (Lipinski definition) is 1. The second kappa shape index (κ2) is 8.70. The Hall–Kier alpha value is -1.05. The lowest BCUT2D eigenvalue weighted by atomic mass is 10.2. The Morgan fingerprint density at radius 3 is 2.48 bits per heavy atom. The van der Waals surface area contributed by atoms with Crippen LogP contribution in [-0.2, 0) is 4.79 Å². The quantitative estimate of drug-likeness (QED) is 0.718. The fraction of sp³-hybridized carbons (Fsp3) is 0.438. The van der Waals surface area contributed by atoms with E-state index in [-0.39, 0.29) is 11.2 Å². The summed E-state index contributed by atoms with van der Waals surface area (Å²) in [4.78, 5) is 12.2. The van der Waals surface area contributed by atoms with Gasteiger partial charge in [-0.3, -0.25) is 4.79 Å². The molecule has 0 aliphatic heterocycles. The van der Waals surface area contributed by atoms with Crippen molar-refractivity contribution in [2.45, 2.75) is 41.6 Å². The van der Waals surface area contributed by atoms with Crippen molar-refractivity contribution < 1.29 is 4.79 Å². The molecule has 1 atom stereocenters. The molecular weight excluding hydrogens is 346 g/mol. The van der Waals surface area contributed by atoms with Crippen LogP contribution < -0.4 is 5.32 Å². The second-order valence-electron chi connectivity index (χ2n) is 5.65. The lowest BCUT2D eigenvalue weighted by Crippen LogP contribution is -2.22. The molecule has 4 nitrogen and oxygen atoms in total. The van der Waals surface area contributed by atoms with Crippen LogP contribution in [0.2, 0.25) is 0 Å². The zero-order chi connectivity index (χ0) is 16.8. The lowest BCUT2D eigenvalue weighted by Gasteiger charge is -2.10. The molecule has 2 rings (SSSR count). The molecule has 0 saturated heterocycles. The Morgan fingerprint density at radius 2 is 1.83 bits per heavy atom. The van der Waals surface area contributed by atoms with E-state index >= 15 is 0 Å². The summed E-state index contributed by atoms with van der Waals surface area (Å²) in [5, 5.41) is 11.1. The highest BCUT2D eigenvalue weighted by molar-refractivity contribution is 8.03. The summed E-state index contributed by atoms with van der Waals surface area (Å²) in [7, 11) is 0. The molecule has 23 heavy (non-hydrogen) atoms. The number of hydrogen-bond acceptors (Lipinski definition) is 6. The van der Waals surface area contributed by atoms with Crippen molar-refractivity contribution in [3.05, 3.63) is 29.8 Å². The average molecular weight is 368 g/mol. The van der Waals surface area contributed by atoms with Crippen LogP contribution in [0.4, 0.5) is 5.69 Å². The number of aromatic nitrogens is 2. The minimum atomic E-state index is -0.216. The van der Waals surface area contributed by atoms with Crippen molar-refractivity contribution in [3.8, 4) is 0 Å². The maximum atomic E-state index is 12.2. The van der Waals surface area contributed by atoms with Crippen LogP contribution in [0.15, 0.2) is 32.9 Å². The maximum absolute atomic E-state index is 12.2. The van der Waals surface area contributed by atoms with E-state index in [0.29, 0.717) is 5.92 Å². The first-order valence-electron chi connectivity index (χ1n) is 7.44. The molecule has 0 unspecified atom stereocenters. The number of benzene rings is 1. The van der Waals surface area contributed by atoms with E-state index < -0.39 is 0 Å². The third-order valence-corrected chi connectivity index (χ3v) is 6.56. The SMILES string of the molecule is Cc1ccc(NC(=O)[C@@H](C)Sc2nnc(SCC(C)C)s2)cc1. The molecule has 1 heterocycles. The zero-order valence-electron chi connectivity index (χ0n) is 13.7. The van der Waals surface area contributed by atoms with Gasteiger partial charge in [-0.25, -0.2) is 0 Å². The lowest BCUT2D eigenvalue weighted by molar-refractivity contribution is -0.115. The third-order valence-electron chi connectivity index (χ3n) is 2.89. The van der Waals surface area contributed by atoms with Crippen LogP contribution in [0, 0.1) is 12.8 Å². The summed E-state index contributed by atoms with van der Waals surface area (Å²) in [6.45, 7) is 8.27. The number of anilines is 1. The molecule has 2 aromatic rings. The highest BCUT2D eigenvalue weighted by Gasteiger charge is 2.17. The fourth-order valence-electron chi connectivity index (χ4n) is 1.63. The molecule has 124 valence electrons. The Kier molecular flexibility index (Phi) is 6.92. The van der Waals surface area contributed by atoms with Gasteiger partial charge in [0, 0.05) is 11.4 Å². The predicted octanol–water partition coefficient (Wildman–Crippen LogP) is 4.71. The summed E-state index contributed by atoms with van der Waals surface area (Å²) in [6.07, 6.45) is 0. The Morgan fingerprint density at radius 1 is 1.17 bits per heavy atom. The van der Waals surface area contributed by atoms with Gasteiger partial charge in [-0.1, -0.05) is 66.4 Å². The molecule has 7 heteroatoms. The maximum Gasteiger partial charge on any atom is 0.237 e. The minimum Gasteiger partial charge on any atom is -0.325 e. The van der Waals surface area contributed by atoms with E-state index in [9.17, 15) is 4.79 Å². The average Bonchev–Trinajstić information content (AvgIpc) is 2.95. The Bertz CT molecular complexity index is 640. The number of thioether (sulfide) groups is 2. The van der Waals surface area contributed by atoms with E-state index in [1.165, 1.54) is 17.3 Å². The molecule has 1 aromatic carbocycles. The number of aryl methyl sites for hydroxylation is 1. The van der Waals surface area contributed by atoms with Gasteiger partial charge < -0.3 is 5.32 Å². The van der Waals surface area contributed by atoms with Crippen molar-refractivity contribution in [2.24, 2.45) is 5.92 Å². The standard InChI is InChI=1S/C16H21N3OS3/c1-10(2)9-21-15-18-19-16(23-15)22-12(4)14(20)17-13-7-5-11(3)6-8-13/h5-8,10,12H,9H2,1-4H3,(H,17,20)/t12-/m1/s1. The van der Waals surface area contributed by atoms with Crippen LogP contribution >= 0.6 is 34.9 Å². The van der Waals surface area contributed by atoms with Crippen LogP contribution in [0.25, 0.3) is 0 Å². The van der Waals surface area contributed by atoms with Gasteiger partial charge >= 0.3 is 0 Å². The fourth-order valence-corrected chi connectivity index (χ4v) is 4.77. The molecule has 0 fully saturated rings. The molecular formula is C16H21N3OS3. The topological polar surface area (TPSA) is 54.9 Å². The highest BCUT2D eigenvalue weighted by atomic mass is 32.2. The number of carbonyl (C=O) groups is 1. The Labute approximate surface area is 149 Å². The minimum absolute atomic E-state index is 0.0227. The first-order valence-corrected chi connectivity index (χ1v) is 10.1. The van der Waals surface area contributed by atoms with Gasteiger partial charge in [0.2, 0.25) is 5.91 Å². The van der Waals surface area contributed by atoms with Crippen LogP contribution in [0.5, 0.6) is 0 Å². The van der Waals surface area contributed by atoms with Gasteiger partial charge in [0.05, 0.1) is 5.25 Å². The number of carbonyl (C=O) groups excluding carboxylic acids is 1. The van der Waals surface area contributed by atoms with Gasteiger partial charge in [-0.05, 0) is 31.9 Å². The normalized spacial score (nSPS) is 12.4. The van der Waals surface area contributed by atoms with Crippen LogP contribution in [0.1, 0.15) is 26.3 Å². The molecule has 0 radical (unpaired) electrons. The molecule has 1 aromatic heterocycles. The molecule has 0 spiro atoms. The second-order valence-corrected chi connectivity index (χ2v) is 9.49. The first kappa shape index (κ1) is 18.3. The van der Waals surface area contributed by atoms with Crippen molar-refractivity contribution >= 4 is 46.5 Å². The van der Waals surface area contributed by atoms with Crippen LogP contribution in [0.3, 0.4) is 0 Å². The number of nitrogens with one attached hydrogen (secondary N) is 1. The van der Waals surface area contributed by atoms with Crippen LogP contribution in [-0.4, -0.2) is 27.1 Å². The molecule has 1 N–H and O–H groups in total. The zero-order valence-corrected chi connectivity index (χ0v) is 16.1. The number of amides is 1. The van der Waals surface area contributed by atoms with Gasteiger partial charge in [0.1, 0.15) is 0 Å². The molecule has 0 saturated carbocycles. The summed E-state index contributed by atoms with van der Waals surface area (Å²) in [5.74, 6) is 1.63. The monoisotopic (exact) mass is 367 g/mol. The number of rotatable bonds is 7. The Balaban J connectivity index is 1.86. The number of nitrogens with zero attached hydrogens (tertiary/aromatic N) is 2. The molecule has 1 amide bonds. The molecule has 0 bridgehead atoms. The predicted molar refractivity (Wildman–Crippen MR) is 101 cm³/mol. The van der Waals surface area contributed by atoms with Crippen molar-refractivity contribution in [1.29, 1.82) is 0 Å². The van der Waals surface area contributed by atoms with E-state index in [0.717, 1.165) is 20.1 Å². The van der Waals surface area contributed by atoms with E-state index in [2.05, 4.69) is 29.4 Å². The van der Waals surface area contributed by atoms with Gasteiger partial charge in [-0.2, -0.15) is 0 Å². The van der Waals surface area contributed by atoms with Crippen molar-refractivity contribution in [2.75, 3.05) is 11.1 Å². The summed E-state index contributed by atoms with van der Waals surface area (Å²) in [5.41, 5.74) is 1.99. The van der Waals surface area contributed by atoms with E-state index in [4.69, 9.17) is 0 Å². The highest BCUT2D eigenvalue weighted by Crippen LogP contribution is 2.32. The summed E-state index contributed by atoms with van der Waals surface area (Å²) in [6, 6.07) is 7.79. The third kappa shape index (κ3) is 6.16. The smallest absolute Gasteiger partial charge is 0.237 e. The summed E-state index contributed by atoms with van der Waals surface area (Å²) >= 11 is 4.72. The van der Waals surface area contributed by atoms with Gasteiger partial charge in [0.15, 0.2) is 8.68 Å². The molecule has 0 aliphatic carbocycles. The van der Waals surface area contributed by atoms with Crippen molar-refractivity contribution in [1.82, 2.24) is 10.2 Å². The first-order chi connectivity index (χ1) is 10.9. The van der Waals surface area contributed by atoms with E-state index in [1.54, 1.807) is 23.1 Å². The van der Waals surface area contributed by atoms with Crippen molar-refractivity contribution in [3.63, 3.8) is 0 Å². The van der Waals surface area contributed by atoms with Gasteiger partial charge in [-0.15, -0.1) is 10.2 Å². The summed E-state index contributed by atoms with van der Waals surface area (Å²) < 4.78 is 1.80. The molecule has 0 aliphatic rings. The largest absolute Gasteiger partial charge is 0.325 e.